The smallest absolute Gasteiger partial charge is 0.389 e. The summed E-state index contributed by atoms with van der Waals surface area (Å²) in [7, 11) is 3.17. The third-order valence-corrected chi connectivity index (χ3v) is 2.13. The number of ether oxygens (including phenoxy) is 2. The fraction of sp³-hybridized carbons (Fsp3) is 0.636. The Morgan fingerprint density at radius 1 is 1.32 bits per heavy atom. The predicted octanol–water partition coefficient (Wildman–Crippen LogP) is 2.39. The van der Waals surface area contributed by atoms with Crippen LogP contribution in [0.25, 0.3) is 0 Å². The summed E-state index contributed by atoms with van der Waals surface area (Å²) in [5.74, 6) is 1.15. The maximum absolute atomic E-state index is 12.0. The van der Waals surface area contributed by atoms with E-state index in [1.165, 1.54) is 13.2 Å². The zero-order valence-electron chi connectivity index (χ0n) is 10.8. The van der Waals surface area contributed by atoms with E-state index in [4.69, 9.17) is 9.47 Å². The first-order chi connectivity index (χ1) is 8.94. The van der Waals surface area contributed by atoms with E-state index in [-0.39, 0.29) is 25.5 Å². The summed E-state index contributed by atoms with van der Waals surface area (Å²) < 4.78 is 46.0. The number of aromatic nitrogens is 2. The number of hydrogen-bond acceptors (Lipinski definition) is 5. The number of methoxy groups -OCH3 is 1. The van der Waals surface area contributed by atoms with E-state index in [0.717, 1.165) is 0 Å². The zero-order chi connectivity index (χ0) is 14.3. The number of hydrogen-bond donors (Lipinski definition) is 1. The average molecular weight is 279 g/mol. The van der Waals surface area contributed by atoms with Crippen molar-refractivity contribution in [3.8, 4) is 5.88 Å². The Bertz CT molecular complexity index is 399. The lowest BCUT2D eigenvalue weighted by molar-refractivity contribution is -0.136. The molecule has 0 saturated carbocycles. The minimum Gasteiger partial charge on any atom is -0.478 e. The molecule has 0 bridgehead atoms. The van der Waals surface area contributed by atoms with Crippen molar-refractivity contribution in [3.05, 3.63) is 11.9 Å². The fourth-order valence-electron chi connectivity index (χ4n) is 1.32. The van der Waals surface area contributed by atoms with Gasteiger partial charge in [0.25, 0.3) is 0 Å². The van der Waals surface area contributed by atoms with E-state index in [2.05, 4.69) is 15.3 Å². The molecule has 0 unspecified atom stereocenters. The summed E-state index contributed by atoms with van der Waals surface area (Å²) in [6.45, 7) is 0.153. The molecule has 108 valence electrons. The minimum atomic E-state index is -4.16. The monoisotopic (exact) mass is 279 g/mol. The van der Waals surface area contributed by atoms with Gasteiger partial charge in [-0.3, -0.25) is 0 Å². The lowest BCUT2D eigenvalue weighted by Crippen LogP contribution is -2.11. The van der Waals surface area contributed by atoms with Crippen LogP contribution in [0.5, 0.6) is 5.88 Å². The van der Waals surface area contributed by atoms with Crippen LogP contribution in [-0.4, -0.2) is 36.9 Å². The van der Waals surface area contributed by atoms with Crippen molar-refractivity contribution in [2.45, 2.75) is 25.6 Å². The standard InChI is InChI=1S/C11H16F3N3O2/c1-15-8-6-10(17-9(16-8)7-18-2)19-5-3-4-11(12,13)14/h6H,3-5,7H2,1-2H3,(H,15,16,17). The normalized spacial score (nSPS) is 11.4. The zero-order valence-corrected chi connectivity index (χ0v) is 10.8. The van der Waals surface area contributed by atoms with Gasteiger partial charge in [-0.05, 0) is 6.42 Å². The van der Waals surface area contributed by atoms with Gasteiger partial charge in [0.2, 0.25) is 5.88 Å². The van der Waals surface area contributed by atoms with Gasteiger partial charge in [-0.15, -0.1) is 0 Å². The van der Waals surface area contributed by atoms with Crippen LogP contribution < -0.4 is 10.1 Å². The molecule has 0 atom stereocenters. The van der Waals surface area contributed by atoms with Crippen molar-refractivity contribution in [2.75, 3.05) is 26.1 Å². The number of halogens is 3. The number of nitrogens with zero attached hydrogens (tertiary/aromatic N) is 2. The van der Waals surface area contributed by atoms with Crippen molar-refractivity contribution in [2.24, 2.45) is 0 Å². The predicted molar refractivity (Wildman–Crippen MR) is 63.1 cm³/mol. The highest BCUT2D eigenvalue weighted by Crippen LogP contribution is 2.21. The van der Waals surface area contributed by atoms with Crippen molar-refractivity contribution in [3.63, 3.8) is 0 Å². The summed E-state index contributed by atoms with van der Waals surface area (Å²) in [5, 5.41) is 2.81. The highest BCUT2D eigenvalue weighted by Gasteiger charge is 2.26. The van der Waals surface area contributed by atoms with Crippen LogP contribution in [0.1, 0.15) is 18.7 Å². The lowest BCUT2D eigenvalue weighted by atomic mass is 10.3. The molecule has 1 aromatic rings. The van der Waals surface area contributed by atoms with E-state index in [1.807, 2.05) is 0 Å². The molecule has 0 aliphatic rings. The Morgan fingerprint density at radius 3 is 2.63 bits per heavy atom. The second-order valence-electron chi connectivity index (χ2n) is 3.76. The molecular formula is C11H16F3N3O2. The molecule has 8 heteroatoms. The van der Waals surface area contributed by atoms with Crippen molar-refractivity contribution in [1.29, 1.82) is 0 Å². The van der Waals surface area contributed by atoms with Gasteiger partial charge in [0.15, 0.2) is 5.82 Å². The van der Waals surface area contributed by atoms with E-state index >= 15 is 0 Å². The van der Waals surface area contributed by atoms with Gasteiger partial charge in [-0.2, -0.15) is 18.2 Å². The Morgan fingerprint density at radius 2 is 2.05 bits per heavy atom. The number of nitrogens with one attached hydrogen (secondary N) is 1. The first-order valence-electron chi connectivity index (χ1n) is 5.69. The molecule has 0 aliphatic carbocycles. The van der Waals surface area contributed by atoms with Crippen LogP contribution in [0.2, 0.25) is 0 Å². The highest BCUT2D eigenvalue weighted by molar-refractivity contribution is 5.37. The van der Waals surface area contributed by atoms with Crippen LogP contribution in [0.15, 0.2) is 6.07 Å². The van der Waals surface area contributed by atoms with Crippen molar-refractivity contribution < 1.29 is 22.6 Å². The second-order valence-corrected chi connectivity index (χ2v) is 3.76. The molecule has 0 aromatic carbocycles. The molecular weight excluding hydrogens is 263 g/mol. The van der Waals surface area contributed by atoms with E-state index in [0.29, 0.717) is 11.6 Å². The van der Waals surface area contributed by atoms with Gasteiger partial charge in [0, 0.05) is 26.6 Å². The van der Waals surface area contributed by atoms with Crippen molar-refractivity contribution in [1.82, 2.24) is 9.97 Å². The second kappa shape index (κ2) is 7.13. The molecule has 1 N–H and O–H groups in total. The maximum Gasteiger partial charge on any atom is 0.389 e. The largest absolute Gasteiger partial charge is 0.478 e. The van der Waals surface area contributed by atoms with Crippen LogP contribution in [0.3, 0.4) is 0 Å². The Kier molecular flexibility index (Phi) is 5.81. The van der Waals surface area contributed by atoms with Crippen LogP contribution in [-0.2, 0) is 11.3 Å². The van der Waals surface area contributed by atoms with Gasteiger partial charge in [-0.1, -0.05) is 0 Å². The Balaban J connectivity index is 2.54. The van der Waals surface area contributed by atoms with Gasteiger partial charge >= 0.3 is 6.18 Å². The molecule has 0 aliphatic heterocycles. The molecule has 0 spiro atoms. The third-order valence-electron chi connectivity index (χ3n) is 2.13. The van der Waals surface area contributed by atoms with Gasteiger partial charge in [0.1, 0.15) is 12.4 Å². The highest BCUT2D eigenvalue weighted by atomic mass is 19.4. The van der Waals surface area contributed by atoms with E-state index in [1.54, 1.807) is 7.05 Å². The Hall–Kier alpha value is -1.57. The molecule has 1 rings (SSSR count). The van der Waals surface area contributed by atoms with Gasteiger partial charge in [-0.25, -0.2) is 4.98 Å². The number of rotatable bonds is 7. The quantitative estimate of drug-likeness (QED) is 0.777. The van der Waals surface area contributed by atoms with E-state index in [9.17, 15) is 13.2 Å². The maximum atomic E-state index is 12.0. The van der Waals surface area contributed by atoms with Crippen LogP contribution in [0.4, 0.5) is 19.0 Å². The van der Waals surface area contributed by atoms with E-state index < -0.39 is 12.6 Å². The molecule has 0 fully saturated rings. The SMILES string of the molecule is CNc1cc(OCCCC(F)(F)F)nc(COC)n1. The molecule has 5 nitrogen and oxygen atoms in total. The summed E-state index contributed by atoms with van der Waals surface area (Å²) >= 11 is 0. The Labute approximate surface area is 109 Å². The summed E-state index contributed by atoms with van der Waals surface area (Å²) in [6, 6.07) is 1.52. The average Bonchev–Trinajstić information content (AvgIpc) is 2.34. The number of alkyl halides is 3. The molecule has 1 aromatic heterocycles. The van der Waals surface area contributed by atoms with Crippen molar-refractivity contribution >= 4 is 5.82 Å². The minimum absolute atomic E-state index is 0.0495. The van der Waals surface area contributed by atoms with Crippen LogP contribution >= 0.6 is 0 Å². The lowest BCUT2D eigenvalue weighted by Gasteiger charge is -2.10. The molecule has 0 saturated heterocycles. The summed E-state index contributed by atoms with van der Waals surface area (Å²) in [6.07, 6.45) is -5.14. The first kappa shape index (κ1) is 15.5. The van der Waals surface area contributed by atoms with Gasteiger partial charge in [0.05, 0.1) is 6.61 Å². The molecule has 0 amide bonds. The first-order valence-corrected chi connectivity index (χ1v) is 5.69. The molecule has 19 heavy (non-hydrogen) atoms. The van der Waals surface area contributed by atoms with Gasteiger partial charge < -0.3 is 14.8 Å². The summed E-state index contributed by atoms with van der Waals surface area (Å²) in [5.41, 5.74) is 0. The topological polar surface area (TPSA) is 56.3 Å². The number of anilines is 1. The summed E-state index contributed by atoms with van der Waals surface area (Å²) in [4.78, 5) is 8.13. The fourth-order valence-corrected chi connectivity index (χ4v) is 1.32. The third kappa shape index (κ3) is 6.23. The van der Waals surface area contributed by atoms with Crippen LogP contribution in [0, 0.1) is 0 Å². The molecule has 0 radical (unpaired) electrons. The molecule has 1 heterocycles.